The van der Waals surface area contributed by atoms with Crippen LogP contribution in [-0.2, 0) is 5.41 Å². The highest BCUT2D eigenvalue weighted by Gasteiger charge is 2.51. The number of rotatable bonds is 6. The Morgan fingerprint density at radius 2 is 0.758 bits per heavy atom. The number of hydrogen-bond acceptors (Lipinski definition) is 7. The second kappa shape index (κ2) is 14.4. The highest BCUT2D eigenvalue weighted by Crippen LogP contribution is 2.62. The smallest absolute Gasteiger partial charge is 0.164 e. The summed E-state index contributed by atoms with van der Waals surface area (Å²) in [5.41, 5.74) is 13.9. The first-order valence-corrected chi connectivity index (χ1v) is 20.6. The molecule has 10 aromatic rings. The summed E-state index contributed by atoms with van der Waals surface area (Å²) in [6.07, 6.45) is 3.60. The largest absolute Gasteiger partial charge is 0.457 e. The number of benzene rings is 6. The molecule has 1 aliphatic carbocycles. The first kappa shape index (κ1) is 35.5. The van der Waals surface area contributed by atoms with Crippen LogP contribution in [0.3, 0.4) is 0 Å². The van der Waals surface area contributed by atoms with E-state index < -0.39 is 5.41 Å². The van der Waals surface area contributed by atoms with Crippen LogP contribution >= 0.6 is 0 Å². The van der Waals surface area contributed by atoms with Gasteiger partial charge in [0.05, 0.1) is 28.2 Å². The number of pyridine rings is 3. The highest BCUT2D eigenvalue weighted by molar-refractivity contribution is 5.90. The van der Waals surface area contributed by atoms with Crippen molar-refractivity contribution in [2.75, 3.05) is 0 Å². The summed E-state index contributed by atoms with van der Waals surface area (Å²) in [5.74, 6) is 3.37. The fourth-order valence-corrected chi connectivity index (χ4v) is 9.15. The summed E-state index contributed by atoms with van der Waals surface area (Å²) in [5, 5.41) is 0. The Kier molecular flexibility index (Phi) is 8.25. The van der Waals surface area contributed by atoms with Crippen LogP contribution in [0, 0.1) is 0 Å². The third kappa shape index (κ3) is 5.74. The van der Waals surface area contributed by atoms with E-state index in [4.69, 9.17) is 24.7 Å². The molecular formula is C55H34N6O. The fourth-order valence-electron chi connectivity index (χ4n) is 9.15. The molecule has 0 bridgehead atoms. The first-order valence-electron chi connectivity index (χ1n) is 20.6. The fraction of sp³-hybridized carbons (Fsp3) is 0.0182. The van der Waals surface area contributed by atoms with Crippen molar-refractivity contribution >= 4 is 0 Å². The van der Waals surface area contributed by atoms with Gasteiger partial charge in [0.25, 0.3) is 0 Å². The lowest BCUT2D eigenvalue weighted by Crippen LogP contribution is -2.32. The second-order valence-corrected chi connectivity index (χ2v) is 15.5. The predicted molar refractivity (Wildman–Crippen MR) is 243 cm³/mol. The first-order chi connectivity index (χ1) is 30.7. The van der Waals surface area contributed by atoms with E-state index in [9.17, 15) is 0 Å². The quantitative estimate of drug-likeness (QED) is 0.166. The molecule has 5 heterocycles. The molecule has 62 heavy (non-hydrogen) atoms. The SMILES string of the molecule is c1ccc(-c2nc(-c3ccccc3)nc(-c3ccc4c(c3)C3(c5cc(-c6cc(-c7ccccn7)nc(-c7ccccn7)c6)ccc5O4)c4ccccc4-c4ccccc43)n2)cc1. The van der Waals surface area contributed by atoms with Gasteiger partial charge < -0.3 is 4.74 Å². The third-order valence-corrected chi connectivity index (χ3v) is 11.9. The molecule has 0 saturated heterocycles. The molecule has 0 radical (unpaired) electrons. The van der Waals surface area contributed by atoms with Gasteiger partial charge in [0.15, 0.2) is 17.5 Å². The Bertz CT molecular complexity index is 2980. The second-order valence-electron chi connectivity index (χ2n) is 15.5. The Hall–Kier alpha value is -8.42. The van der Waals surface area contributed by atoms with Gasteiger partial charge in [-0.05, 0) is 100 Å². The van der Waals surface area contributed by atoms with Crippen molar-refractivity contribution in [3.8, 4) is 90.7 Å². The zero-order chi connectivity index (χ0) is 41.0. The van der Waals surface area contributed by atoms with E-state index in [0.717, 1.165) is 73.2 Å². The van der Waals surface area contributed by atoms with Gasteiger partial charge in [-0.25, -0.2) is 19.9 Å². The summed E-state index contributed by atoms with van der Waals surface area (Å²) in [6.45, 7) is 0. The summed E-state index contributed by atoms with van der Waals surface area (Å²) >= 11 is 0. The molecule has 7 heteroatoms. The van der Waals surface area contributed by atoms with E-state index >= 15 is 0 Å². The van der Waals surface area contributed by atoms with Crippen LogP contribution in [0.2, 0.25) is 0 Å². The molecule has 0 fully saturated rings. The van der Waals surface area contributed by atoms with Crippen molar-refractivity contribution in [3.05, 3.63) is 229 Å². The summed E-state index contributed by atoms with van der Waals surface area (Å²) in [4.78, 5) is 29.7. The molecule has 0 amide bonds. The van der Waals surface area contributed by atoms with Crippen molar-refractivity contribution in [1.29, 1.82) is 0 Å². The van der Waals surface area contributed by atoms with Crippen molar-refractivity contribution in [2.45, 2.75) is 5.41 Å². The van der Waals surface area contributed by atoms with E-state index in [0.29, 0.717) is 17.5 Å². The van der Waals surface area contributed by atoms with Gasteiger partial charge in [0.2, 0.25) is 0 Å². The maximum absolute atomic E-state index is 6.96. The van der Waals surface area contributed by atoms with Crippen molar-refractivity contribution in [3.63, 3.8) is 0 Å². The maximum Gasteiger partial charge on any atom is 0.164 e. The molecule has 6 aromatic carbocycles. The van der Waals surface area contributed by atoms with Gasteiger partial charge in [0, 0.05) is 40.2 Å². The molecule has 0 saturated carbocycles. The van der Waals surface area contributed by atoms with Gasteiger partial charge in [-0.2, -0.15) is 0 Å². The summed E-state index contributed by atoms with van der Waals surface area (Å²) in [6, 6.07) is 66.6. The molecule has 12 rings (SSSR count). The normalized spacial score (nSPS) is 12.8. The van der Waals surface area contributed by atoms with Gasteiger partial charge in [-0.1, -0.05) is 127 Å². The molecule has 1 aliphatic heterocycles. The number of hydrogen-bond donors (Lipinski definition) is 0. The lowest BCUT2D eigenvalue weighted by Gasteiger charge is -2.40. The Morgan fingerprint density at radius 1 is 0.306 bits per heavy atom. The molecule has 1 spiro atoms. The summed E-state index contributed by atoms with van der Waals surface area (Å²) in [7, 11) is 0. The van der Waals surface area contributed by atoms with E-state index in [1.165, 1.54) is 22.3 Å². The molecule has 2 aliphatic rings. The zero-order valence-electron chi connectivity index (χ0n) is 33.2. The van der Waals surface area contributed by atoms with Gasteiger partial charge in [0.1, 0.15) is 11.5 Å². The van der Waals surface area contributed by atoms with Crippen LogP contribution in [0.25, 0.3) is 79.2 Å². The van der Waals surface area contributed by atoms with Crippen LogP contribution in [0.4, 0.5) is 0 Å². The number of ether oxygens (including phenoxy) is 1. The molecule has 4 aromatic heterocycles. The minimum absolute atomic E-state index is 0.579. The van der Waals surface area contributed by atoms with Crippen molar-refractivity contribution in [1.82, 2.24) is 29.9 Å². The van der Waals surface area contributed by atoms with E-state index in [1.807, 2.05) is 97.1 Å². The predicted octanol–water partition coefficient (Wildman–Crippen LogP) is 12.5. The molecular weight excluding hydrogens is 761 g/mol. The average molecular weight is 795 g/mol. The van der Waals surface area contributed by atoms with Gasteiger partial charge in [-0.3, -0.25) is 9.97 Å². The summed E-state index contributed by atoms with van der Waals surface area (Å²) < 4.78 is 6.96. The molecule has 7 nitrogen and oxygen atoms in total. The Labute approximate surface area is 358 Å². The van der Waals surface area contributed by atoms with Gasteiger partial charge in [-0.15, -0.1) is 0 Å². The zero-order valence-corrected chi connectivity index (χ0v) is 33.2. The van der Waals surface area contributed by atoms with E-state index in [-0.39, 0.29) is 0 Å². The third-order valence-electron chi connectivity index (χ3n) is 11.9. The number of nitrogens with zero attached hydrogens (tertiary/aromatic N) is 6. The molecule has 290 valence electrons. The molecule has 0 N–H and O–H groups in total. The van der Waals surface area contributed by atoms with Gasteiger partial charge >= 0.3 is 0 Å². The van der Waals surface area contributed by atoms with Crippen LogP contribution in [0.1, 0.15) is 22.3 Å². The lowest BCUT2D eigenvalue weighted by atomic mass is 9.65. The van der Waals surface area contributed by atoms with Crippen molar-refractivity contribution in [2.24, 2.45) is 0 Å². The molecule has 0 atom stereocenters. The minimum atomic E-state index is -0.750. The van der Waals surface area contributed by atoms with Crippen molar-refractivity contribution < 1.29 is 4.74 Å². The Morgan fingerprint density at radius 3 is 1.27 bits per heavy atom. The van der Waals surface area contributed by atoms with Crippen LogP contribution in [-0.4, -0.2) is 29.9 Å². The molecule has 0 unspecified atom stereocenters. The maximum atomic E-state index is 6.96. The monoisotopic (exact) mass is 794 g/mol. The van der Waals surface area contributed by atoms with Crippen LogP contribution in [0.5, 0.6) is 11.5 Å². The topological polar surface area (TPSA) is 86.6 Å². The number of fused-ring (bicyclic) bond motifs is 9. The minimum Gasteiger partial charge on any atom is -0.457 e. The van der Waals surface area contributed by atoms with Crippen LogP contribution < -0.4 is 4.74 Å². The standard InChI is InChI=1S/C55H34N6O/c1-3-15-35(16-4-1)52-59-53(36-17-5-2-6-18-36)61-54(60-52)38-26-28-51-45(32-38)55(42-21-9-7-19-40(42)41-20-8-10-22-43(41)55)44-31-37(25-27-50(44)62-51)39-33-48(46-23-11-13-29-56-46)58-49(34-39)47-24-12-14-30-57-47/h1-34H. The highest BCUT2D eigenvalue weighted by atomic mass is 16.5. The van der Waals surface area contributed by atoms with E-state index in [2.05, 4.69) is 107 Å². The van der Waals surface area contributed by atoms with E-state index in [1.54, 1.807) is 12.4 Å². The number of aromatic nitrogens is 6. The van der Waals surface area contributed by atoms with Crippen LogP contribution in [0.15, 0.2) is 207 Å². The lowest BCUT2D eigenvalue weighted by molar-refractivity contribution is 0.436. The Balaban J connectivity index is 1.10. The average Bonchev–Trinajstić information content (AvgIpc) is 3.65.